The number of nitrogens with zero attached hydrogens (tertiary/aromatic N) is 1. The van der Waals surface area contributed by atoms with Gasteiger partial charge in [0, 0.05) is 30.4 Å². The van der Waals surface area contributed by atoms with E-state index in [1.54, 1.807) is 17.0 Å². The Morgan fingerprint density at radius 1 is 1.24 bits per heavy atom. The third kappa shape index (κ3) is 4.76. The van der Waals surface area contributed by atoms with E-state index in [4.69, 9.17) is 0 Å². The SMILES string of the molecule is C=C1C(F)=CC(/C(C)=C/c2c(C)cc(C3C=CNCC3)cc2F)=CN1C=C(C)C. The Morgan fingerprint density at radius 3 is 2.62 bits per heavy atom. The lowest BCUT2D eigenvalue weighted by molar-refractivity contribution is 0.536. The van der Waals surface area contributed by atoms with Gasteiger partial charge >= 0.3 is 0 Å². The van der Waals surface area contributed by atoms with Crippen molar-refractivity contribution in [2.75, 3.05) is 6.54 Å². The minimum Gasteiger partial charge on any atom is -0.391 e. The molecule has 1 N–H and O–H groups in total. The smallest absolute Gasteiger partial charge is 0.147 e. The molecule has 0 bridgehead atoms. The monoisotopic (exact) mass is 394 g/mol. The summed E-state index contributed by atoms with van der Waals surface area (Å²) in [6.07, 6.45) is 11.8. The minimum absolute atomic E-state index is 0.227. The number of benzene rings is 1. The van der Waals surface area contributed by atoms with Gasteiger partial charge in [0.15, 0.2) is 0 Å². The Kier molecular flexibility index (Phi) is 6.21. The zero-order chi connectivity index (χ0) is 21.1. The third-order valence-corrected chi connectivity index (χ3v) is 5.19. The lowest BCUT2D eigenvalue weighted by atomic mass is 9.90. The molecule has 29 heavy (non-hydrogen) atoms. The Labute approximate surface area is 172 Å². The van der Waals surface area contributed by atoms with Crippen LogP contribution in [0.4, 0.5) is 8.78 Å². The standard InChI is InChI=1S/C25H28F2N2/c1-16(2)14-29-15-22(13-24(26)19(29)5)17(3)11-23-18(4)10-21(12-25(23)27)20-6-8-28-9-7-20/h6,8,10-15,20,28H,5,7,9H2,1-4H3/b17-11+. The molecule has 3 rings (SSSR count). The van der Waals surface area contributed by atoms with Gasteiger partial charge in [-0.25, -0.2) is 8.78 Å². The average molecular weight is 395 g/mol. The summed E-state index contributed by atoms with van der Waals surface area (Å²) in [5.41, 5.74) is 5.20. The number of halogens is 2. The highest BCUT2D eigenvalue weighted by atomic mass is 19.1. The summed E-state index contributed by atoms with van der Waals surface area (Å²) < 4.78 is 29.3. The van der Waals surface area contributed by atoms with Gasteiger partial charge in [-0.1, -0.05) is 24.3 Å². The highest BCUT2D eigenvalue weighted by molar-refractivity contribution is 5.64. The molecule has 1 aromatic rings. The lowest BCUT2D eigenvalue weighted by Gasteiger charge is -2.24. The molecule has 0 saturated carbocycles. The van der Waals surface area contributed by atoms with Crippen LogP contribution in [0.5, 0.6) is 0 Å². The van der Waals surface area contributed by atoms with E-state index >= 15 is 0 Å². The maximum atomic E-state index is 15.0. The fraction of sp³-hybridized carbons (Fsp3) is 0.280. The van der Waals surface area contributed by atoms with Gasteiger partial charge < -0.3 is 10.2 Å². The van der Waals surface area contributed by atoms with Crippen molar-refractivity contribution in [1.29, 1.82) is 0 Å². The van der Waals surface area contributed by atoms with Crippen LogP contribution in [-0.4, -0.2) is 11.4 Å². The molecule has 2 aliphatic rings. The first-order valence-electron chi connectivity index (χ1n) is 9.86. The Bertz CT molecular complexity index is 950. The number of nitrogens with one attached hydrogen (secondary N) is 1. The first-order valence-corrected chi connectivity index (χ1v) is 9.86. The zero-order valence-corrected chi connectivity index (χ0v) is 17.5. The van der Waals surface area contributed by atoms with Crippen molar-refractivity contribution in [3.63, 3.8) is 0 Å². The fourth-order valence-corrected chi connectivity index (χ4v) is 3.58. The van der Waals surface area contributed by atoms with Crippen LogP contribution < -0.4 is 5.32 Å². The summed E-state index contributed by atoms with van der Waals surface area (Å²) in [5, 5.41) is 3.17. The largest absolute Gasteiger partial charge is 0.391 e. The predicted octanol–water partition coefficient (Wildman–Crippen LogP) is 6.62. The van der Waals surface area contributed by atoms with E-state index in [1.807, 2.05) is 52.4 Å². The molecule has 0 radical (unpaired) electrons. The van der Waals surface area contributed by atoms with Gasteiger partial charge in [0.25, 0.3) is 0 Å². The van der Waals surface area contributed by atoms with Crippen molar-refractivity contribution in [2.45, 2.75) is 40.0 Å². The molecule has 1 aromatic carbocycles. The second kappa shape index (κ2) is 8.64. The molecule has 0 aliphatic carbocycles. The average Bonchev–Trinajstić information content (AvgIpc) is 2.68. The fourth-order valence-electron chi connectivity index (χ4n) is 3.58. The van der Waals surface area contributed by atoms with Crippen LogP contribution >= 0.6 is 0 Å². The van der Waals surface area contributed by atoms with Gasteiger partial charge in [0.2, 0.25) is 0 Å². The van der Waals surface area contributed by atoms with Crippen molar-refractivity contribution in [1.82, 2.24) is 10.2 Å². The van der Waals surface area contributed by atoms with Gasteiger partial charge in [-0.3, -0.25) is 0 Å². The highest BCUT2D eigenvalue weighted by Crippen LogP contribution is 2.31. The van der Waals surface area contributed by atoms with E-state index in [0.29, 0.717) is 16.8 Å². The van der Waals surface area contributed by atoms with Crippen LogP contribution in [-0.2, 0) is 0 Å². The molecule has 0 fully saturated rings. The van der Waals surface area contributed by atoms with Crippen LogP contribution in [0, 0.1) is 12.7 Å². The molecule has 0 spiro atoms. The number of allylic oxidation sites excluding steroid dienone is 6. The summed E-state index contributed by atoms with van der Waals surface area (Å²) >= 11 is 0. The van der Waals surface area contributed by atoms with Crippen molar-refractivity contribution in [3.8, 4) is 0 Å². The van der Waals surface area contributed by atoms with Crippen molar-refractivity contribution >= 4 is 6.08 Å². The summed E-state index contributed by atoms with van der Waals surface area (Å²) in [7, 11) is 0. The van der Waals surface area contributed by atoms with Crippen molar-refractivity contribution in [3.05, 3.63) is 100 Å². The molecule has 2 heterocycles. The molecule has 1 unspecified atom stereocenters. The summed E-state index contributed by atoms with van der Waals surface area (Å²) in [6, 6.07) is 3.67. The third-order valence-electron chi connectivity index (χ3n) is 5.19. The first-order chi connectivity index (χ1) is 13.8. The van der Waals surface area contributed by atoms with Crippen LogP contribution in [0.15, 0.2) is 77.7 Å². The van der Waals surface area contributed by atoms with Gasteiger partial charge in [-0.2, -0.15) is 0 Å². The normalized spacial score (nSPS) is 19.5. The molecule has 0 amide bonds. The quantitative estimate of drug-likeness (QED) is 0.617. The van der Waals surface area contributed by atoms with E-state index in [0.717, 1.165) is 35.2 Å². The van der Waals surface area contributed by atoms with Gasteiger partial charge in [-0.05, 0) is 80.8 Å². The van der Waals surface area contributed by atoms with E-state index in [9.17, 15) is 8.78 Å². The molecule has 2 aliphatic heterocycles. The number of hydrogen-bond acceptors (Lipinski definition) is 2. The van der Waals surface area contributed by atoms with E-state index in [2.05, 4.69) is 18.0 Å². The van der Waals surface area contributed by atoms with Crippen LogP contribution in [0.3, 0.4) is 0 Å². The number of aryl methyl sites for hydroxylation is 1. The molecular weight excluding hydrogens is 366 g/mol. The summed E-state index contributed by atoms with van der Waals surface area (Å²) in [5.74, 6) is -0.416. The Hall–Kier alpha value is -2.88. The van der Waals surface area contributed by atoms with Crippen LogP contribution in [0.1, 0.15) is 49.8 Å². The predicted molar refractivity (Wildman–Crippen MR) is 117 cm³/mol. The van der Waals surface area contributed by atoms with Gasteiger partial charge in [-0.15, -0.1) is 0 Å². The zero-order valence-electron chi connectivity index (χ0n) is 17.5. The lowest BCUT2D eigenvalue weighted by Crippen LogP contribution is -2.16. The molecule has 1 atom stereocenters. The van der Waals surface area contributed by atoms with Crippen LogP contribution in [0.2, 0.25) is 0 Å². The topological polar surface area (TPSA) is 15.3 Å². The van der Waals surface area contributed by atoms with E-state index in [1.165, 1.54) is 6.08 Å². The minimum atomic E-state index is -0.391. The van der Waals surface area contributed by atoms with Gasteiger partial charge in [0.05, 0.1) is 5.70 Å². The Morgan fingerprint density at radius 2 is 2.00 bits per heavy atom. The molecular formula is C25H28F2N2. The first kappa shape index (κ1) is 20.8. The van der Waals surface area contributed by atoms with E-state index in [-0.39, 0.29) is 11.7 Å². The van der Waals surface area contributed by atoms with Crippen LogP contribution in [0.25, 0.3) is 6.08 Å². The van der Waals surface area contributed by atoms with E-state index < -0.39 is 5.83 Å². The summed E-state index contributed by atoms with van der Waals surface area (Å²) in [4.78, 5) is 1.67. The molecule has 152 valence electrons. The molecule has 0 aromatic heterocycles. The molecule has 2 nitrogen and oxygen atoms in total. The maximum Gasteiger partial charge on any atom is 0.147 e. The summed E-state index contributed by atoms with van der Waals surface area (Å²) in [6.45, 7) is 12.4. The van der Waals surface area contributed by atoms with Crippen molar-refractivity contribution < 1.29 is 8.78 Å². The maximum absolute atomic E-state index is 15.0. The second-order valence-electron chi connectivity index (χ2n) is 7.91. The molecule has 0 saturated heterocycles. The Balaban J connectivity index is 1.95. The number of rotatable bonds is 4. The number of hydrogen-bond donors (Lipinski definition) is 1. The van der Waals surface area contributed by atoms with Gasteiger partial charge in [0.1, 0.15) is 11.6 Å². The van der Waals surface area contributed by atoms with Crippen molar-refractivity contribution in [2.24, 2.45) is 0 Å². The highest BCUT2D eigenvalue weighted by Gasteiger charge is 2.18. The second-order valence-corrected chi connectivity index (χ2v) is 7.91. The molecule has 4 heteroatoms.